The molecule has 3 atom stereocenters. The molecule has 0 bridgehead atoms. The Morgan fingerprint density at radius 1 is 1.30 bits per heavy atom. The molecule has 0 radical (unpaired) electrons. The number of morpholine rings is 1. The number of ether oxygens (including phenoxy) is 1. The number of nitrogens with zero attached hydrogens (tertiary/aromatic N) is 3. The smallest absolute Gasteiger partial charge is 0.277 e. The first-order chi connectivity index (χ1) is 13.0. The predicted molar refractivity (Wildman–Crippen MR) is 106 cm³/mol. The van der Waals surface area contributed by atoms with Crippen molar-refractivity contribution >= 4 is 29.0 Å². The van der Waals surface area contributed by atoms with Crippen LogP contribution in [-0.4, -0.2) is 52.1 Å². The molecule has 6 nitrogen and oxygen atoms in total. The van der Waals surface area contributed by atoms with Crippen LogP contribution in [-0.2, 0) is 22.4 Å². The van der Waals surface area contributed by atoms with Crippen molar-refractivity contribution in [3.05, 3.63) is 16.5 Å². The first-order valence-electron chi connectivity index (χ1n) is 9.49. The summed E-state index contributed by atoms with van der Waals surface area (Å²) in [4.78, 5) is 16.8. The average molecular weight is 408 g/mol. The van der Waals surface area contributed by atoms with Crippen LogP contribution in [0.15, 0.2) is 15.7 Å². The maximum atomic E-state index is 12.5. The molecular weight excluding hydrogens is 382 g/mol. The van der Waals surface area contributed by atoms with E-state index in [4.69, 9.17) is 9.15 Å². The number of hydrogen-bond acceptors (Lipinski definition) is 7. The maximum absolute atomic E-state index is 12.5. The SMILES string of the molecule is C[C@@H]1CCc2sc(-c3nnc(SCC(=O)N4C[C@@H](C)O[C@@H](C)C4)o3)cc2C1. The van der Waals surface area contributed by atoms with E-state index in [1.54, 1.807) is 11.3 Å². The van der Waals surface area contributed by atoms with Gasteiger partial charge in [-0.05, 0) is 50.7 Å². The fourth-order valence-corrected chi connectivity index (χ4v) is 5.57. The number of amides is 1. The van der Waals surface area contributed by atoms with Gasteiger partial charge in [0, 0.05) is 18.0 Å². The fraction of sp³-hybridized carbons (Fsp3) is 0.632. The van der Waals surface area contributed by atoms with Crippen LogP contribution in [0.2, 0.25) is 0 Å². The predicted octanol–water partition coefficient (Wildman–Crippen LogP) is 3.65. The van der Waals surface area contributed by atoms with Crippen LogP contribution >= 0.6 is 23.1 Å². The third kappa shape index (κ3) is 4.38. The molecule has 4 rings (SSSR count). The molecule has 0 saturated carbocycles. The van der Waals surface area contributed by atoms with Crippen LogP contribution in [0, 0.1) is 5.92 Å². The van der Waals surface area contributed by atoms with E-state index < -0.39 is 0 Å². The van der Waals surface area contributed by atoms with E-state index in [-0.39, 0.29) is 18.1 Å². The number of fused-ring (bicyclic) bond motifs is 1. The zero-order valence-electron chi connectivity index (χ0n) is 15.9. The molecule has 1 amide bonds. The molecule has 1 fully saturated rings. The van der Waals surface area contributed by atoms with Crippen molar-refractivity contribution in [2.45, 2.75) is 57.5 Å². The third-order valence-corrected chi connectivity index (χ3v) is 7.07. The van der Waals surface area contributed by atoms with Crippen molar-refractivity contribution in [3.63, 3.8) is 0 Å². The van der Waals surface area contributed by atoms with Gasteiger partial charge in [-0.2, -0.15) is 0 Å². The van der Waals surface area contributed by atoms with Crippen molar-refractivity contribution in [2.75, 3.05) is 18.8 Å². The molecule has 3 heterocycles. The Kier molecular flexibility index (Phi) is 5.57. The quantitative estimate of drug-likeness (QED) is 0.721. The summed E-state index contributed by atoms with van der Waals surface area (Å²) < 4.78 is 11.5. The topological polar surface area (TPSA) is 68.5 Å². The lowest BCUT2D eigenvalue weighted by Gasteiger charge is -2.35. The summed E-state index contributed by atoms with van der Waals surface area (Å²) in [5.41, 5.74) is 1.42. The number of aromatic nitrogens is 2. The molecule has 1 saturated heterocycles. The van der Waals surface area contributed by atoms with Crippen molar-refractivity contribution in [1.29, 1.82) is 0 Å². The average Bonchev–Trinajstić information content (AvgIpc) is 3.24. The minimum Gasteiger partial charge on any atom is -0.410 e. The summed E-state index contributed by atoms with van der Waals surface area (Å²) in [5.74, 6) is 1.69. The van der Waals surface area contributed by atoms with Gasteiger partial charge >= 0.3 is 0 Å². The standard InChI is InChI=1S/C19H25N3O3S2/c1-11-4-5-15-14(6-11)7-16(27-15)18-20-21-19(25-18)26-10-17(23)22-8-12(2)24-13(3)9-22/h7,11-13H,4-6,8-10H2,1-3H3/t11-,12-,13+/m1/s1. The van der Waals surface area contributed by atoms with Crippen LogP contribution < -0.4 is 0 Å². The minimum atomic E-state index is 0.0743. The van der Waals surface area contributed by atoms with Crippen molar-refractivity contribution in [1.82, 2.24) is 15.1 Å². The maximum Gasteiger partial charge on any atom is 0.277 e. The first-order valence-corrected chi connectivity index (χ1v) is 11.3. The highest BCUT2D eigenvalue weighted by Crippen LogP contribution is 2.37. The van der Waals surface area contributed by atoms with Gasteiger partial charge in [0.25, 0.3) is 11.1 Å². The van der Waals surface area contributed by atoms with E-state index in [0.717, 1.165) is 23.6 Å². The van der Waals surface area contributed by atoms with Gasteiger partial charge in [-0.25, -0.2) is 0 Å². The van der Waals surface area contributed by atoms with Gasteiger partial charge < -0.3 is 14.1 Å². The third-order valence-electron chi connectivity index (χ3n) is 5.04. The van der Waals surface area contributed by atoms with E-state index in [1.807, 2.05) is 18.7 Å². The molecule has 146 valence electrons. The highest BCUT2D eigenvalue weighted by molar-refractivity contribution is 7.99. The number of carbonyl (C=O) groups excluding carboxylic acids is 1. The normalized spacial score (nSPS) is 25.4. The van der Waals surface area contributed by atoms with E-state index in [0.29, 0.717) is 30.0 Å². The number of carbonyl (C=O) groups is 1. The Bertz CT molecular complexity index is 809. The monoisotopic (exact) mass is 407 g/mol. The van der Waals surface area contributed by atoms with Crippen LogP contribution in [0.4, 0.5) is 0 Å². The number of aryl methyl sites for hydroxylation is 1. The molecule has 0 unspecified atom stereocenters. The van der Waals surface area contributed by atoms with Gasteiger partial charge in [0.05, 0.1) is 22.8 Å². The highest BCUT2D eigenvalue weighted by atomic mass is 32.2. The van der Waals surface area contributed by atoms with E-state index >= 15 is 0 Å². The Hall–Kier alpha value is -1.38. The summed E-state index contributed by atoms with van der Waals surface area (Å²) in [7, 11) is 0. The molecule has 2 aromatic heterocycles. The summed E-state index contributed by atoms with van der Waals surface area (Å²) in [6, 6.07) is 2.19. The Balaban J connectivity index is 1.37. The fourth-order valence-electron chi connectivity index (χ4n) is 3.78. The molecule has 1 aliphatic carbocycles. The lowest BCUT2D eigenvalue weighted by molar-refractivity contribution is -0.140. The van der Waals surface area contributed by atoms with E-state index in [9.17, 15) is 4.79 Å². The molecule has 1 aliphatic heterocycles. The van der Waals surface area contributed by atoms with Gasteiger partial charge in [0.2, 0.25) is 5.91 Å². The lowest BCUT2D eigenvalue weighted by atomic mass is 9.90. The van der Waals surface area contributed by atoms with Crippen molar-refractivity contribution in [3.8, 4) is 10.8 Å². The molecule has 8 heteroatoms. The Labute approximate surface area is 167 Å². The summed E-state index contributed by atoms with van der Waals surface area (Å²) in [6.45, 7) is 7.56. The summed E-state index contributed by atoms with van der Waals surface area (Å²) >= 11 is 3.06. The van der Waals surface area contributed by atoms with Crippen LogP contribution in [0.3, 0.4) is 0 Å². The molecule has 2 aliphatic rings. The number of rotatable bonds is 4. The second-order valence-electron chi connectivity index (χ2n) is 7.62. The number of hydrogen-bond donors (Lipinski definition) is 0. The van der Waals surface area contributed by atoms with Crippen LogP contribution in [0.5, 0.6) is 0 Å². The van der Waals surface area contributed by atoms with Gasteiger partial charge in [-0.3, -0.25) is 4.79 Å². The summed E-state index contributed by atoms with van der Waals surface area (Å²) in [5, 5.41) is 8.76. The molecule has 0 aromatic carbocycles. The number of thioether (sulfide) groups is 1. The summed E-state index contributed by atoms with van der Waals surface area (Å²) in [6.07, 6.45) is 3.67. The van der Waals surface area contributed by atoms with Gasteiger partial charge in [-0.15, -0.1) is 21.5 Å². The minimum absolute atomic E-state index is 0.0743. The highest BCUT2D eigenvalue weighted by Gasteiger charge is 2.26. The second-order valence-corrected chi connectivity index (χ2v) is 9.69. The van der Waals surface area contributed by atoms with E-state index in [1.165, 1.54) is 28.6 Å². The molecule has 27 heavy (non-hydrogen) atoms. The molecule has 0 N–H and O–H groups in total. The van der Waals surface area contributed by atoms with Crippen molar-refractivity contribution in [2.24, 2.45) is 5.92 Å². The second kappa shape index (κ2) is 7.93. The first kappa shape index (κ1) is 19.0. The Morgan fingerprint density at radius 2 is 2.07 bits per heavy atom. The van der Waals surface area contributed by atoms with Gasteiger partial charge in [0.15, 0.2) is 0 Å². The zero-order valence-corrected chi connectivity index (χ0v) is 17.6. The molecule has 0 spiro atoms. The largest absolute Gasteiger partial charge is 0.410 e. The Morgan fingerprint density at radius 3 is 2.85 bits per heavy atom. The zero-order chi connectivity index (χ0) is 19.0. The number of thiophene rings is 1. The molecular formula is C19H25N3O3S2. The van der Waals surface area contributed by atoms with Crippen LogP contribution in [0.25, 0.3) is 10.8 Å². The van der Waals surface area contributed by atoms with Crippen molar-refractivity contribution < 1.29 is 13.9 Å². The van der Waals surface area contributed by atoms with E-state index in [2.05, 4.69) is 23.2 Å². The lowest BCUT2D eigenvalue weighted by Crippen LogP contribution is -2.48. The van der Waals surface area contributed by atoms with Gasteiger partial charge in [0.1, 0.15) is 0 Å². The van der Waals surface area contributed by atoms with Gasteiger partial charge in [-0.1, -0.05) is 18.7 Å². The van der Waals surface area contributed by atoms with Crippen LogP contribution in [0.1, 0.15) is 37.6 Å². The molecule has 2 aromatic rings.